The molecule has 0 N–H and O–H groups in total. The summed E-state index contributed by atoms with van der Waals surface area (Å²) in [4.78, 5) is 0. The lowest BCUT2D eigenvalue weighted by molar-refractivity contribution is -0.274. The van der Waals surface area contributed by atoms with E-state index in [4.69, 9.17) is 11.6 Å². The molecule has 0 aliphatic carbocycles. The summed E-state index contributed by atoms with van der Waals surface area (Å²) < 4.78 is 39.9. The Balaban J connectivity index is 2.25. The molecule has 0 heterocycles. The van der Waals surface area contributed by atoms with E-state index in [1.807, 2.05) is 19.1 Å². The second-order valence-electron chi connectivity index (χ2n) is 4.04. The van der Waals surface area contributed by atoms with Crippen LogP contribution in [0.5, 0.6) is 5.75 Å². The highest BCUT2D eigenvalue weighted by Crippen LogP contribution is 2.28. The summed E-state index contributed by atoms with van der Waals surface area (Å²) in [6, 6.07) is 11.2. The van der Waals surface area contributed by atoms with Crippen LogP contribution < -0.4 is 4.74 Å². The maximum Gasteiger partial charge on any atom is 0.573 e. The molecule has 2 aromatic rings. The first-order chi connectivity index (χ1) is 8.85. The second-order valence-corrected chi connectivity index (χ2v) is 4.44. The van der Waals surface area contributed by atoms with Gasteiger partial charge in [-0.15, -0.1) is 13.2 Å². The van der Waals surface area contributed by atoms with Crippen LogP contribution in [-0.4, -0.2) is 6.36 Å². The topological polar surface area (TPSA) is 9.23 Å². The van der Waals surface area contributed by atoms with Gasteiger partial charge < -0.3 is 4.74 Å². The van der Waals surface area contributed by atoms with Crippen molar-refractivity contribution in [3.8, 4) is 16.9 Å². The van der Waals surface area contributed by atoms with E-state index in [1.165, 1.54) is 12.1 Å². The van der Waals surface area contributed by atoms with Crippen molar-refractivity contribution in [2.24, 2.45) is 0 Å². The zero-order chi connectivity index (χ0) is 14.0. The summed E-state index contributed by atoms with van der Waals surface area (Å²) >= 11 is 5.92. The van der Waals surface area contributed by atoms with E-state index in [-0.39, 0.29) is 5.75 Å². The average molecular weight is 287 g/mol. The third kappa shape index (κ3) is 3.64. The Bertz CT molecular complexity index is 576. The lowest BCUT2D eigenvalue weighted by Gasteiger charge is -2.09. The van der Waals surface area contributed by atoms with Crippen molar-refractivity contribution >= 4 is 11.6 Å². The van der Waals surface area contributed by atoms with Gasteiger partial charge in [0.2, 0.25) is 0 Å². The summed E-state index contributed by atoms with van der Waals surface area (Å²) in [5, 5.41) is 0.653. The van der Waals surface area contributed by atoms with E-state index in [9.17, 15) is 13.2 Å². The third-order valence-corrected chi connectivity index (χ3v) is 3.00. The zero-order valence-electron chi connectivity index (χ0n) is 9.96. The second kappa shape index (κ2) is 5.13. The molecular formula is C14H10ClF3O. The van der Waals surface area contributed by atoms with Gasteiger partial charge in [-0.1, -0.05) is 29.8 Å². The van der Waals surface area contributed by atoms with E-state index < -0.39 is 6.36 Å². The maximum atomic E-state index is 12.0. The zero-order valence-corrected chi connectivity index (χ0v) is 10.7. The van der Waals surface area contributed by atoms with Crippen molar-refractivity contribution in [3.63, 3.8) is 0 Å². The van der Waals surface area contributed by atoms with Gasteiger partial charge in [-0.3, -0.25) is 0 Å². The molecule has 2 rings (SSSR count). The van der Waals surface area contributed by atoms with Crippen LogP contribution in [0.4, 0.5) is 13.2 Å². The van der Waals surface area contributed by atoms with Crippen molar-refractivity contribution in [1.82, 2.24) is 0 Å². The number of benzene rings is 2. The molecule has 0 saturated heterocycles. The van der Waals surface area contributed by atoms with Crippen LogP contribution in [0.3, 0.4) is 0 Å². The molecule has 0 radical (unpaired) electrons. The van der Waals surface area contributed by atoms with Gasteiger partial charge in [0.15, 0.2) is 0 Å². The standard InChI is InChI=1S/C14H10ClF3O/c1-9-8-11(4-7-13(9)15)10-2-5-12(6-3-10)19-14(16,17)18/h2-8H,1H3. The highest BCUT2D eigenvalue weighted by Gasteiger charge is 2.30. The number of hydrogen-bond acceptors (Lipinski definition) is 1. The first-order valence-corrected chi connectivity index (χ1v) is 5.85. The molecule has 0 bridgehead atoms. The number of hydrogen-bond donors (Lipinski definition) is 0. The smallest absolute Gasteiger partial charge is 0.406 e. The molecule has 0 saturated carbocycles. The fraction of sp³-hybridized carbons (Fsp3) is 0.143. The van der Waals surface area contributed by atoms with Crippen LogP contribution in [0.1, 0.15) is 5.56 Å². The van der Waals surface area contributed by atoms with Crippen LogP contribution in [-0.2, 0) is 0 Å². The Kier molecular flexibility index (Phi) is 3.71. The minimum Gasteiger partial charge on any atom is -0.406 e. The van der Waals surface area contributed by atoms with Gasteiger partial charge in [0, 0.05) is 5.02 Å². The van der Waals surface area contributed by atoms with Gasteiger partial charge in [-0.05, 0) is 47.9 Å². The first-order valence-electron chi connectivity index (χ1n) is 5.47. The SMILES string of the molecule is Cc1cc(-c2ccc(OC(F)(F)F)cc2)ccc1Cl. The van der Waals surface area contributed by atoms with E-state index in [0.29, 0.717) is 5.02 Å². The van der Waals surface area contributed by atoms with Crippen molar-refractivity contribution in [1.29, 1.82) is 0 Å². The molecule has 1 nitrogen and oxygen atoms in total. The van der Waals surface area contributed by atoms with E-state index in [1.54, 1.807) is 18.2 Å². The molecule has 5 heteroatoms. The molecule has 2 aromatic carbocycles. The fourth-order valence-electron chi connectivity index (χ4n) is 1.67. The minimum absolute atomic E-state index is 0.234. The van der Waals surface area contributed by atoms with E-state index in [0.717, 1.165) is 16.7 Å². The highest BCUT2D eigenvalue weighted by atomic mass is 35.5. The van der Waals surface area contributed by atoms with Crippen molar-refractivity contribution in [2.45, 2.75) is 13.3 Å². The largest absolute Gasteiger partial charge is 0.573 e. The van der Waals surface area contributed by atoms with Crippen molar-refractivity contribution < 1.29 is 17.9 Å². The van der Waals surface area contributed by atoms with Crippen molar-refractivity contribution in [2.75, 3.05) is 0 Å². The van der Waals surface area contributed by atoms with Crippen LogP contribution in [0.25, 0.3) is 11.1 Å². The summed E-state index contributed by atoms with van der Waals surface area (Å²) in [5.74, 6) is -0.234. The van der Waals surface area contributed by atoms with Gasteiger partial charge in [-0.25, -0.2) is 0 Å². The van der Waals surface area contributed by atoms with Gasteiger partial charge in [-0.2, -0.15) is 0 Å². The number of aryl methyl sites for hydroxylation is 1. The molecule has 100 valence electrons. The number of rotatable bonds is 2. The molecule has 0 spiro atoms. The summed E-state index contributed by atoms with van der Waals surface area (Å²) in [5.41, 5.74) is 2.60. The predicted octanol–water partition coefficient (Wildman–Crippen LogP) is 5.21. The Morgan fingerprint density at radius 2 is 1.53 bits per heavy atom. The van der Waals surface area contributed by atoms with Crippen LogP contribution in [0.2, 0.25) is 5.02 Å². The summed E-state index contributed by atoms with van der Waals surface area (Å²) in [6.07, 6.45) is -4.67. The normalized spacial score (nSPS) is 11.4. The lowest BCUT2D eigenvalue weighted by Crippen LogP contribution is -2.16. The van der Waals surface area contributed by atoms with Crippen molar-refractivity contribution in [3.05, 3.63) is 53.1 Å². The highest BCUT2D eigenvalue weighted by molar-refractivity contribution is 6.31. The van der Waals surface area contributed by atoms with Crippen LogP contribution >= 0.6 is 11.6 Å². The van der Waals surface area contributed by atoms with Crippen LogP contribution in [0, 0.1) is 6.92 Å². The maximum absolute atomic E-state index is 12.0. The predicted molar refractivity (Wildman–Crippen MR) is 68.3 cm³/mol. The quantitative estimate of drug-likeness (QED) is 0.736. The lowest BCUT2D eigenvalue weighted by atomic mass is 10.0. The fourth-order valence-corrected chi connectivity index (χ4v) is 1.79. The van der Waals surface area contributed by atoms with Gasteiger partial charge in [0.25, 0.3) is 0 Å². The Hall–Kier alpha value is -1.68. The third-order valence-electron chi connectivity index (χ3n) is 2.58. The molecule has 0 aliphatic rings. The Morgan fingerprint density at radius 3 is 2.05 bits per heavy atom. The number of halogens is 4. The van der Waals surface area contributed by atoms with Crippen LogP contribution in [0.15, 0.2) is 42.5 Å². The monoisotopic (exact) mass is 286 g/mol. The first kappa shape index (κ1) is 13.7. The molecule has 0 aliphatic heterocycles. The van der Waals surface area contributed by atoms with Gasteiger partial charge in [0.1, 0.15) is 5.75 Å². The summed E-state index contributed by atoms with van der Waals surface area (Å²) in [6.45, 7) is 1.87. The minimum atomic E-state index is -4.67. The average Bonchev–Trinajstić information content (AvgIpc) is 2.32. The molecule has 0 aromatic heterocycles. The van der Waals surface area contributed by atoms with E-state index >= 15 is 0 Å². The Morgan fingerprint density at radius 1 is 0.947 bits per heavy atom. The molecule has 0 fully saturated rings. The number of ether oxygens (including phenoxy) is 1. The molecular weight excluding hydrogens is 277 g/mol. The molecule has 0 unspecified atom stereocenters. The molecule has 0 atom stereocenters. The molecule has 0 amide bonds. The van der Waals surface area contributed by atoms with Gasteiger partial charge in [0.05, 0.1) is 0 Å². The Labute approximate surface area is 113 Å². The van der Waals surface area contributed by atoms with E-state index in [2.05, 4.69) is 4.74 Å². The molecule has 19 heavy (non-hydrogen) atoms. The van der Waals surface area contributed by atoms with Gasteiger partial charge >= 0.3 is 6.36 Å². The summed E-state index contributed by atoms with van der Waals surface area (Å²) in [7, 11) is 0. The number of alkyl halides is 3.